The highest BCUT2D eigenvalue weighted by atomic mass is 35.5. The summed E-state index contributed by atoms with van der Waals surface area (Å²) in [7, 11) is 3.43. The zero-order valence-corrected chi connectivity index (χ0v) is 22.4. The predicted molar refractivity (Wildman–Crippen MR) is 143 cm³/mol. The molecule has 0 radical (unpaired) electrons. The van der Waals surface area contributed by atoms with Crippen molar-refractivity contribution in [2.45, 2.75) is 63.4 Å². The van der Waals surface area contributed by atoms with Crippen LogP contribution in [0.2, 0.25) is 5.02 Å². The average Bonchev–Trinajstić information content (AvgIpc) is 3.49. The van der Waals surface area contributed by atoms with Gasteiger partial charge >= 0.3 is 0 Å². The van der Waals surface area contributed by atoms with Crippen molar-refractivity contribution in [2.75, 3.05) is 27.2 Å². The van der Waals surface area contributed by atoms with Gasteiger partial charge in [-0.15, -0.1) is 0 Å². The fourth-order valence-corrected chi connectivity index (χ4v) is 6.66. The van der Waals surface area contributed by atoms with Gasteiger partial charge in [-0.2, -0.15) is 0 Å². The number of benzene rings is 2. The Labute approximate surface area is 219 Å². The summed E-state index contributed by atoms with van der Waals surface area (Å²) in [6.07, 6.45) is 7.56. The summed E-state index contributed by atoms with van der Waals surface area (Å²) in [6, 6.07) is 15.7. The Kier molecular flexibility index (Phi) is 6.80. The number of nitrogens with zero attached hydrogens (tertiary/aromatic N) is 2. The van der Waals surface area contributed by atoms with Crippen LogP contribution in [0.25, 0.3) is 0 Å². The van der Waals surface area contributed by atoms with Crippen molar-refractivity contribution >= 4 is 23.4 Å². The molecule has 192 valence electrons. The van der Waals surface area contributed by atoms with E-state index in [1.807, 2.05) is 12.1 Å². The molecule has 3 aliphatic rings. The zero-order valence-electron chi connectivity index (χ0n) is 21.6. The number of carbonyl (C=O) groups is 2. The Bertz CT molecular complexity index is 1120. The van der Waals surface area contributed by atoms with Crippen LogP contribution in [0.5, 0.6) is 5.75 Å². The van der Waals surface area contributed by atoms with E-state index in [4.69, 9.17) is 16.3 Å². The molecule has 2 aromatic rings. The third-order valence-corrected chi connectivity index (χ3v) is 9.19. The van der Waals surface area contributed by atoms with Gasteiger partial charge in [-0.05, 0) is 80.5 Å². The Morgan fingerprint density at radius 1 is 1.08 bits per heavy atom. The lowest BCUT2D eigenvalue weighted by Gasteiger charge is -2.46. The molecule has 3 fully saturated rings. The number of carbonyl (C=O) groups excluding carboxylic acids is 2. The molecule has 0 bridgehead atoms. The Morgan fingerprint density at radius 2 is 1.78 bits per heavy atom. The Balaban J connectivity index is 1.13. The van der Waals surface area contributed by atoms with Crippen LogP contribution >= 0.6 is 11.6 Å². The number of hydrogen-bond acceptors (Lipinski definition) is 3. The van der Waals surface area contributed by atoms with E-state index in [0.717, 1.165) is 51.6 Å². The van der Waals surface area contributed by atoms with E-state index < -0.39 is 0 Å². The van der Waals surface area contributed by atoms with Crippen LogP contribution in [0.15, 0.2) is 48.5 Å². The molecule has 1 spiro atoms. The first-order valence-corrected chi connectivity index (χ1v) is 13.6. The largest absolute Gasteiger partial charge is 0.491 e. The second kappa shape index (κ2) is 9.74. The number of amides is 2. The third kappa shape index (κ3) is 4.63. The number of ether oxygens (including phenoxy) is 1. The van der Waals surface area contributed by atoms with Gasteiger partial charge in [0.15, 0.2) is 0 Å². The molecule has 2 aromatic carbocycles. The van der Waals surface area contributed by atoms with Crippen LogP contribution in [0, 0.1) is 11.3 Å². The zero-order chi connectivity index (χ0) is 25.5. The van der Waals surface area contributed by atoms with Crippen molar-refractivity contribution in [1.82, 2.24) is 9.80 Å². The number of likely N-dealkylation sites (tertiary alicyclic amines) is 1. The molecule has 5 rings (SSSR count). The van der Waals surface area contributed by atoms with Gasteiger partial charge in [-0.1, -0.05) is 48.4 Å². The molecule has 2 saturated carbocycles. The molecule has 1 saturated heterocycles. The van der Waals surface area contributed by atoms with Gasteiger partial charge in [0.1, 0.15) is 5.75 Å². The molecular weight excluding hydrogens is 472 g/mol. The van der Waals surface area contributed by atoms with Gasteiger partial charge in [-0.25, -0.2) is 0 Å². The molecule has 6 heteroatoms. The van der Waals surface area contributed by atoms with Crippen molar-refractivity contribution in [3.8, 4) is 5.75 Å². The van der Waals surface area contributed by atoms with E-state index in [1.165, 1.54) is 16.9 Å². The topological polar surface area (TPSA) is 49.9 Å². The summed E-state index contributed by atoms with van der Waals surface area (Å²) in [4.78, 5) is 29.5. The van der Waals surface area contributed by atoms with Gasteiger partial charge in [0.05, 0.1) is 22.1 Å². The SMILES string of the molecule is C[C@@H](CC1CC12CCN(C(=O)C1(c3ccccc3)CCC1)CC2)Oc1ccc(C(=O)N(C)C)c(Cl)c1. The summed E-state index contributed by atoms with van der Waals surface area (Å²) in [5.41, 5.74) is 1.76. The first-order valence-electron chi connectivity index (χ1n) is 13.3. The predicted octanol–water partition coefficient (Wildman–Crippen LogP) is 5.95. The summed E-state index contributed by atoms with van der Waals surface area (Å²) >= 11 is 6.35. The third-order valence-electron chi connectivity index (χ3n) is 8.88. The van der Waals surface area contributed by atoms with Crippen molar-refractivity contribution in [1.29, 1.82) is 0 Å². The standard InChI is InChI=1S/C30H37ClN2O3/c1-21(36-24-10-11-25(26(31)19-24)27(34)32(2)3)18-23-20-29(23)14-16-33(17-15-29)28(35)30(12-7-13-30)22-8-5-4-6-9-22/h4-6,8-11,19,21,23H,7,12-18,20H2,1-3H3/t21-,23?/m0/s1. The molecule has 1 aliphatic heterocycles. The maximum Gasteiger partial charge on any atom is 0.254 e. The molecule has 2 amide bonds. The maximum absolute atomic E-state index is 13.6. The molecule has 36 heavy (non-hydrogen) atoms. The first kappa shape index (κ1) is 25.1. The van der Waals surface area contributed by atoms with Gasteiger partial charge < -0.3 is 14.5 Å². The van der Waals surface area contributed by atoms with E-state index in [-0.39, 0.29) is 17.4 Å². The maximum atomic E-state index is 13.6. The van der Waals surface area contributed by atoms with Crippen LogP contribution in [0.4, 0.5) is 0 Å². The lowest BCUT2D eigenvalue weighted by Crippen LogP contribution is -2.53. The van der Waals surface area contributed by atoms with E-state index in [2.05, 4.69) is 36.1 Å². The highest BCUT2D eigenvalue weighted by Gasteiger charge is 2.56. The van der Waals surface area contributed by atoms with Crippen LogP contribution in [0.3, 0.4) is 0 Å². The van der Waals surface area contributed by atoms with E-state index in [9.17, 15) is 9.59 Å². The smallest absolute Gasteiger partial charge is 0.254 e. The lowest BCUT2D eigenvalue weighted by atomic mass is 9.63. The van der Waals surface area contributed by atoms with Crippen molar-refractivity contribution in [2.24, 2.45) is 11.3 Å². The molecule has 2 aliphatic carbocycles. The molecule has 5 nitrogen and oxygen atoms in total. The molecule has 0 N–H and O–H groups in total. The lowest BCUT2D eigenvalue weighted by molar-refractivity contribution is -0.142. The molecule has 1 heterocycles. The normalized spacial score (nSPS) is 22.4. The van der Waals surface area contributed by atoms with Gasteiger partial charge in [0.25, 0.3) is 5.91 Å². The minimum absolute atomic E-state index is 0.0665. The molecule has 1 unspecified atom stereocenters. The van der Waals surface area contributed by atoms with Crippen LogP contribution < -0.4 is 4.74 Å². The van der Waals surface area contributed by atoms with Gasteiger partial charge in [-0.3, -0.25) is 9.59 Å². The second-order valence-electron chi connectivity index (χ2n) is 11.4. The summed E-state index contributed by atoms with van der Waals surface area (Å²) in [5, 5.41) is 0.415. The second-order valence-corrected chi connectivity index (χ2v) is 11.8. The van der Waals surface area contributed by atoms with E-state index >= 15 is 0 Å². The Hall–Kier alpha value is -2.53. The number of piperidine rings is 1. The molecule has 0 aromatic heterocycles. The highest BCUT2D eigenvalue weighted by molar-refractivity contribution is 6.34. The van der Waals surface area contributed by atoms with Crippen molar-refractivity contribution in [3.05, 3.63) is 64.7 Å². The molecule has 2 atom stereocenters. The fourth-order valence-electron chi connectivity index (χ4n) is 6.41. The van der Waals surface area contributed by atoms with Gasteiger partial charge in [0.2, 0.25) is 5.91 Å². The summed E-state index contributed by atoms with van der Waals surface area (Å²) in [5.74, 6) is 1.57. The quantitative estimate of drug-likeness (QED) is 0.464. The average molecular weight is 509 g/mol. The van der Waals surface area contributed by atoms with E-state index in [0.29, 0.717) is 33.6 Å². The molecular formula is C30H37ClN2O3. The Morgan fingerprint density at radius 3 is 2.36 bits per heavy atom. The monoisotopic (exact) mass is 508 g/mol. The van der Waals surface area contributed by atoms with Crippen LogP contribution in [0.1, 0.15) is 67.8 Å². The minimum Gasteiger partial charge on any atom is -0.491 e. The fraction of sp³-hybridized carbons (Fsp3) is 0.533. The van der Waals surface area contributed by atoms with Gasteiger partial charge in [0, 0.05) is 27.2 Å². The summed E-state index contributed by atoms with van der Waals surface area (Å²) in [6.45, 7) is 3.85. The van der Waals surface area contributed by atoms with Crippen molar-refractivity contribution < 1.29 is 14.3 Å². The highest BCUT2D eigenvalue weighted by Crippen LogP contribution is 2.61. The van der Waals surface area contributed by atoms with Crippen LogP contribution in [-0.4, -0.2) is 54.9 Å². The summed E-state index contributed by atoms with van der Waals surface area (Å²) < 4.78 is 6.18. The number of halogens is 1. The number of hydrogen-bond donors (Lipinski definition) is 0. The first-order chi connectivity index (χ1) is 17.2. The van der Waals surface area contributed by atoms with E-state index in [1.54, 1.807) is 26.2 Å². The van der Waals surface area contributed by atoms with Crippen LogP contribution in [-0.2, 0) is 10.2 Å². The number of rotatable bonds is 7. The van der Waals surface area contributed by atoms with Crippen molar-refractivity contribution in [3.63, 3.8) is 0 Å². The minimum atomic E-state index is -0.287.